The largest absolute Gasteiger partial charge is 0.465 e. The summed E-state index contributed by atoms with van der Waals surface area (Å²) in [5, 5.41) is 3.94. The lowest BCUT2D eigenvalue weighted by molar-refractivity contribution is -0.149. The predicted molar refractivity (Wildman–Crippen MR) is 124 cm³/mol. The van der Waals surface area contributed by atoms with Gasteiger partial charge in [-0.3, -0.25) is 9.78 Å². The summed E-state index contributed by atoms with van der Waals surface area (Å²) in [5.74, 6) is 0.360. The number of aromatic nitrogens is 3. The van der Waals surface area contributed by atoms with E-state index in [0.29, 0.717) is 55.4 Å². The van der Waals surface area contributed by atoms with Crippen LogP contribution < -0.4 is 0 Å². The summed E-state index contributed by atoms with van der Waals surface area (Å²) in [6, 6.07) is 8.81. The molecule has 9 nitrogen and oxygen atoms in total. The van der Waals surface area contributed by atoms with Crippen LogP contribution in [-0.4, -0.2) is 53.5 Å². The summed E-state index contributed by atoms with van der Waals surface area (Å²) in [4.78, 5) is 21.1. The number of hydrogen-bond donors (Lipinski definition) is 0. The Balaban J connectivity index is 1.21. The van der Waals surface area contributed by atoms with Crippen LogP contribution in [0.1, 0.15) is 36.3 Å². The maximum atomic E-state index is 13.0. The van der Waals surface area contributed by atoms with Gasteiger partial charge in [0.15, 0.2) is 0 Å². The molecule has 0 spiro atoms. The SMILES string of the molecule is Cc1ccc(S(=O)(=O)N2CCC(C(=O)OCCCc3nc(-c4cccnc4)no3)CC2)cc1C. The van der Waals surface area contributed by atoms with E-state index in [-0.39, 0.29) is 18.5 Å². The Bertz CT molecular complexity index is 1240. The van der Waals surface area contributed by atoms with Crippen molar-refractivity contribution in [3.63, 3.8) is 0 Å². The van der Waals surface area contributed by atoms with Crippen LogP contribution in [0.3, 0.4) is 0 Å². The number of piperidine rings is 1. The number of carbonyl (C=O) groups is 1. The van der Waals surface area contributed by atoms with E-state index in [2.05, 4.69) is 15.1 Å². The minimum atomic E-state index is -3.57. The van der Waals surface area contributed by atoms with Crippen molar-refractivity contribution >= 4 is 16.0 Å². The average molecular weight is 485 g/mol. The maximum Gasteiger partial charge on any atom is 0.309 e. The molecule has 0 amide bonds. The molecule has 0 bridgehead atoms. The Kier molecular flexibility index (Phi) is 7.38. The lowest BCUT2D eigenvalue weighted by atomic mass is 9.98. The molecule has 1 aliphatic rings. The fourth-order valence-electron chi connectivity index (χ4n) is 3.84. The molecule has 0 aliphatic carbocycles. The van der Waals surface area contributed by atoms with E-state index < -0.39 is 10.0 Å². The molecule has 3 heterocycles. The van der Waals surface area contributed by atoms with Crippen LogP contribution in [0.5, 0.6) is 0 Å². The van der Waals surface area contributed by atoms with Gasteiger partial charge in [0.05, 0.1) is 17.4 Å². The van der Waals surface area contributed by atoms with Gasteiger partial charge >= 0.3 is 5.97 Å². The smallest absolute Gasteiger partial charge is 0.309 e. The summed E-state index contributed by atoms with van der Waals surface area (Å²) in [5.41, 5.74) is 2.76. The van der Waals surface area contributed by atoms with Crippen LogP contribution in [0.2, 0.25) is 0 Å². The highest BCUT2D eigenvalue weighted by atomic mass is 32.2. The molecule has 1 saturated heterocycles. The molecule has 0 atom stereocenters. The third kappa shape index (κ3) is 5.51. The van der Waals surface area contributed by atoms with Crippen molar-refractivity contribution in [2.45, 2.75) is 44.4 Å². The first-order valence-electron chi connectivity index (χ1n) is 11.3. The van der Waals surface area contributed by atoms with Gasteiger partial charge in [-0.15, -0.1) is 0 Å². The lowest BCUT2D eigenvalue weighted by Gasteiger charge is -2.30. The highest BCUT2D eigenvalue weighted by Gasteiger charge is 2.32. The van der Waals surface area contributed by atoms with Crippen LogP contribution in [0.4, 0.5) is 0 Å². The number of benzene rings is 1. The molecule has 1 aromatic carbocycles. The van der Waals surface area contributed by atoms with Crippen molar-refractivity contribution in [2.75, 3.05) is 19.7 Å². The minimum absolute atomic E-state index is 0.241. The van der Waals surface area contributed by atoms with Gasteiger partial charge in [0.1, 0.15) is 0 Å². The second kappa shape index (κ2) is 10.4. The predicted octanol–water partition coefficient (Wildman–Crippen LogP) is 3.33. The number of esters is 1. The molecular weight excluding hydrogens is 456 g/mol. The van der Waals surface area contributed by atoms with Crippen LogP contribution in [0, 0.1) is 19.8 Å². The van der Waals surface area contributed by atoms with Gasteiger partial charge in [-0.1, -0.05) is 11.2 Å². The van der Waals surface area contributed by atoms with Gasteiger partial charge in [-0.2, -0.15) is 9.29 Å². The Morgan fingerprint density at radius 2 is 1.97 bits per heavy atom. The fourth-order valence-corrected chi connectivity index (χ4v) is 5.39. The van der Waals surface area contributed by atoms with Crippen molar-refractivity contribution in [1.29, 1.82) is 0 Å². The first-order valence-corrected chi connectivity index (χ1v) is 12.8. The monoisotopic (exact) mass is 484 g/mol. The summed E-state index contributed by atoms with van der Waals surface area (Å²) >= 11 is 0. The van der Waals surface area contributed by atoms with Crippen LogP contribution in [0.15, 0.2) is 52.1 Å². The summed E-state index contributed by atoms with van der Waals surface area (Å²) in [6.45, 7) is 4.69. The average Bonchev–Trinajstić information content (AvgIpc) is 3.33. The summed E-state index contributed by atoms with van der Waals surface area (Å²) < 4.78 is 38.0. The highest BCUT2D eigenvalue weighted by molar-refractivity contribution is 7.89. The number of ether oxygens (including phenoxy) is 1. The second-order valence-corrected chi connectivity index (χ2v) is 10.4. The van der Waals surface area contributed by atoms with E-state index in [0.717, 1.165) is 16.7 Å². The number of pyridine rings is 1. The van der Waals surface area contributed by atoms with E-state index in [1.54, 1.807) is 30.6 Å². The minimum Gasteiger partial charge on any atom is -0.465 e. The quantitative estimate of drug-likeness (QED) is 0.353. The van der Waals surface area contributed by atoms with E-state index >= 15 is 0 Å². The lowest BCUT2D eigenvalue weighted by Crippen LogP contribution is -2.40. The molecule has 1 fully saturated rings. The Morgan fingerprint density at radius 1 is 1.18 bits per heavy atom. The summed E-state index contributed by atoms with van der Waals surface area (Å²) in [6.07, 6.45) is 5.27. The topological polar surface area (TPSA) is 115 Å². The van der Waals surface area contributed by atoms with Gasteiger partial charge in [-0.05, 0) is 68.5 Å². The summed E-state index contributed by atoms with van der Waals surface area (Å²) in [7, 11) is -3.57. The van der Waals surface area contributed by atoms with Crippen LogP contribution in [-0.2, 0) is 26.0 Å². The molecular formula is C24H28N4O5S. The third-order valence-corrected chi connectivity index (χ3v) is 7.97. The van der Waals surface area contributed by atoms with Gasteiger partial charge in [0.2, 0.25) is 21.7 Å². The van der Waals surface area contributed by atoms with E-state index in [4.69, 9.17) is 9.26 Å². The Hall–Kier alpha value is -3.11. The maximum absolute atomic E-state index is 13.0. The molecule has 1 aliphatic heterocycles. The van der Waals surface area contributed by atoms with Crippen molar-refractivity contribution in [3.8, 4) is 11.4 Å². The van der Waals surface area contributed by atoms with Gasteiger partial charge in [-0.25, -0.2) is 8.42 Å². The first-order chi connectivity index (χ1) is 16.3. The zero-order valence-electron chi connectivity index (χ0n) is 19.3. The van der Waals surface area contributed by atoms with E-state index in [1.165, 1.54) is 4.31 Å². The zero-order valence-corrected chi connectivity index (χ0v) is 20.1. The standard InChI is InChI=1S/C24H28N4O5S/c1-17-7-8-21(15-18(17)2)34(30,31)28-12-9-19(10-13-28)24(29)32-14-4-6-22-26-23(27-33-22)20-5-3-11-25-16-20/h3,5,7-8,11,15-16,19H,4,6,9-10,12-14H2,1-2H3. The van der Waals surface area contributed by atoms with Crippen molar-refractivity contribution < 1.29 is 22.5 Å². The molecule has 0 unspecified atom stereocenters. The van der Waals surface area contributed by atoms with Crippen LogP contribution >= 0.6 is 0 Å². The number of carbonyl (C=O) groups excluding carboxylic acids is 1. The zero-order chi connectivity index (χ0) is 24.1. The molecule has 0 N–H and O–H groups in total. The van der Waals surface area contributed by atoms with Gasteiger partial charge in [0, 0.05) is 37.5 Å². The van der Waals surface area contributed by atoms with Crippen molar-refractivity contribution in [3.05, 3.63) is 59.7 Å². The van der Waals surface area contributed by atoms with Gasteiger partial charge in [0.25, 0.3) is 0 Å². The molecule has 4 rings (SSSR count). The molecule has 34 heavy (non-hydrogen) atoms. The van der Waals surface area contributed by atoms with Gasteiger partial charge < -0.3 is 9.26 Å². The van der Waals surface area contributed by atoms with Crippen molar-refractivity contribution in [1.82, 2.24) is 19.4 Å². The van der Waals surface area contributed by atoms with E-state index in [1.807, 2.05) is 26.0 Å². The number of aryl methyl sites for hydroxylation is 3. The number of rotatable bonds is 8. The molecule has 2 aromatic heterocycles. The van der Waals surface area contributed by atoms with E-state index in [9.17, 15) is 13.2 Å². The number of sulfonamides is 1. The first kappa shape index (κ1) is 24.0. The van der Waals surface area contributed by atoms with Crippen LogP contribution in [0.25, 0.3) is 11.4 Å². The molecule has 3 aromatic rings. The fraction of sp³-hybridized carbons (Fsp3) is 0.417. The van der Waals surface area contributed by atoms with Crippen molar-refractivity contribution in [2.24, 2.45) is 5.92 Å². The molecule has 10 heteroatoms. The Labute approximate surface area is 199 Å². The Morgan fingerprint density at radius 3 is 2.68 bits per heavy atom. The molecule has 180 valence electrons. The normalized spacial score (nSPS) is 15.4. The number of hydrogen-bond acceptors (Lipinski definition) is 8. The highest BCUT2D eigenvalue weighted by Crippen LogP contribution is 2.26. The molecule has 0 radical (unpaired) electrons. The molecule has 0 saturated carbocycles. The number of nitrogens with zero attached hydrogens (tertiary/aromatic N) is 4. The third-order valence-electron chi connectivity index (χ3n) is 6.07. The second-order valence-electron chi connectivity index (χ2n) is 8.45.